The van der Waals surface area contributed by atoms with Gasteiger partial charge in [0.2, 0.25) is 5.91 Å². The molecule has 0 aliphatic carbocycles. The summed E-state index contributed by atoms with van der Waals surface area (Å²) in [4.78, 5) is 27.5. The van der Waals surface area contributed by atoms with Crippen LogP contribution in [0.3, 0.4) is 0 Å². The van der Waals surface area contributed by atoms with E-state index in [-0.39, 0.29) is 24.2 Å². The summed E-state index contributed by atoms with van der Waals surface area (Å²) in [6, 6.07) is 8.43. The summed E-state index contributed by atoms with van der Waals surface area (Å²) in [7, 11) is 0. The quantitative estimate of drug-likeness (QED) is 0.808. The van der Waals surface area contributed by atoms with Crippen molar-refractivity contribution in [3.63, 3.8) is 0 Å². The zero-order valence-electron chi connectivity index (χ0n) is 15.5. The molecule has 2 aromatic rings. The highest BCUT2D eigenvalue weighted by atomic mass is 32.1. The molecule has 0 spiro atoms. The van der Waals surface area contributed by atoms with Gasteiger partial charge in [0, 0.05) is 31.6 Å². The molecular formula is C21H25FN2O2S. The van der Waals surface area contributed by atoms with Crippen LogP contribution in [0.25, 0.3) is 0 Å². The van der Waals surface area contributed by atoms with Crippen LogP contribution in [0.1, 0.15) is 46.5 Å². The van der Waals surface area contributed by atoms with Crippen LogP contribution in [-0.2, 0) is 11.3 Å². The summed E-state index contributed by atoms with van der Waals surface area (Å²) in [5, 5.41) is 4.73. The number of amides is 2. The predicted octanol–water partition coefficient (Wildman–Crippen LogP) is 4.14. The Kier molecular flexibility index (Phi) is 6.61. The molecule has 2 amide bonds. The van der Waals surface area contributed by atoms with E-state index in [4.69, 9.17) is 0 Å². The molecule has 27 heavy (non-hydrogen) atoms. The third-order valence-electron chi connectivity index (χ3n) is 5.08. The zero-order chi connectivity index (χ0) is 19.2. The number of halogens is 1. The maximum Gasteiger partial charge on any atom is 0.264 e. The van der Waals surface area contributed by atoms with E-state index in [0.29, 0.717) is 24.4 Å². The van der Waals surface area contributed by atoms with E-state index < -0.39 is 0 Å². The molecule has 4 nitrogen and oxygen atoms in total. The molecule has 1 aliphatic heterocycles. The van der Waals surface area contributed by atoms with Crippen LogP contribution in [0, 0.1) is 18.7 Å². The van der Waals surface area contributed by atoms with Gasteiger partial charge in [0.15, 0.2) is 0 Å². The molecule has 0 saturated carbocycles. The van der Waals surface area contributed by atoms with Gasteiger partial charge in [-0.3, -0.25) is 9.59 Å². The first kappa shape index (κ1) is 19.5. The number of rotatable bonds is 6. The molecule has 2 heterocycles. The molecule has 1 fully saturated rings. The van der Waals surface area contributed by atoms with Gasteiger partial charge >= 0.3 is 0 Å². The minimum absolute atomic E-state index is 0.0733. The summed E-state index contributed by atoms with van der Waals surface area (Å²) >= 11 is 1.49. The highest BCUT2D eigenvalue weighted by Crippen LogP contribution is 2.25. The van der Waals surface area contributed by atoms with Crippen LogP contribution in [0.4, 0.5) is 4.39 Å². The third-order valence-corrected chi connectivity index (χ3v) is 6.08. The summed E-state index contributed by atoms with van der Waals surface area (Å²) in [5.41, 5.74) is 1.52. The highest BCUT2D eigenvalue weighted by Gasteiger charge is 2.26. The Morgan fingerprint density at radius 3 is 2.85 bits per heavy atom. The number of hydrogen-bond acceptors (Lipinski definition) is 3. The smallest absolute Gasteiger partial charge is 0.264 e. The summed E-state index contributed by atoms with van der Waals surface area (Å²) in [6.07, 6.45) is 3.15. The van der Waals surface area contributed by atoms with Gasteiger partial charge in [-0.25, -0.2) is 4.39 Å². The summed E-state index contributed by atoms with van der Waals surface area (Å²) in [6.45, 7) is 3.66. The molecule has 1 aliphatic rings. The number of aryl methyl sites for hydroxylation is 1. The van der Waals surface area contributed by atoms with Crippen LogP contribution in [0.5, 0.6) is 0 Å². The van der Waals surface area contributed by atoms with Gasteiger partial charge in [0.05, 0.1) is 4.88 Å². The Hall–Kier alpha value is -2.21. The van der Waals surface area contributed by atoms with E-state index >= 15 is 0 Å². The monoisotopic (exact) mass is 388 g/mol. The van der Waals surface area contributed by atoms with Gasteiger partial charge in [-0.2, -0.15) is 0 Å². The molecule has 1 saturated heterocycles. The van der Waals surface area contributed by atoms with Crippen molar-refractivity contribution in [2.45, 2.75) is 39.2 Å². The number of carbonyl (C=O) groups is 2. The van der Waals surface area contributed by atoms with Gasteiger partial charge in [-0.1, -0.05) is 18.2 Å². The second-order valence-electron chi connectivity index (χ2n) is 7.10. The summed E-state index contributed by atoms with van der Waals surface area (Å²) < 4.78 is 13.6. The maximum absolute atomic E-state index is 13.6. The van der Waals surface area contributed by atoms with Crippen LogP contribution < -0.4 is 5.32 Å². The Morgan fingerprint density at radius 1 is 1.30 bits per heavy atom. The molecule has 1 aromatic heterocycles. The number of thiophene rings is 1. The fourth-order valence-electron chi connectivity index (χ4n) is 3.48. The molecule has 0 bridgehead atoms. The number of likely N-dealkylation sites (tertiary alicyclic amines) is 1. The Morgan fingerprint density at radius 2 is 2.11 bits per heavy atom. The molecule has 1 N–H and O–H groups in total. The fraction of sp³-hybridized carbons (Fsp3) is 0.429. The zero-order valence-corrected chi connectivity index (χ0v) is 16.4. The van der Waals surface area contributed by atoms with Crippen molar-refractivity contribution in [1.82, 2.24) is 10.2 Å². The van der Waals surface area contributed by atoms with E-state index in [1.165, 1.54) is 17.4 Å². The predicted molar refractivity (Wildman–Crippen MR) is 105 cm³/mol. The second kappa shape index (κ2) is 9.13. The van der Waals surface area contributed by atoms with Crippen LogP contribution in [-0.4, -0.2) is 29.8 Å². The highest BCUT2D eigenvalue weighted by molar-refractivity contribution is 7.12. The lowest BCUT2D eigenvalue weighted by Crippen LogP contribution is -2.40. The Balaban J connectivity index is 1.45. The van der Waals surface area contributed by atoms with Crippen molar-refractivity contribution in [1.29, 1.82) is 0 Å². The van der Waals surface area contributed by atoms with E-state index in [1.54, 1.807) is 18.2 Å². The number of hydrogen-bond donors (Lipinski definition) is 1. The number of nitrogens with one attached hydrogen (secondary N) is 1. The van der Waals surface area contributed by atoms with Crippen molar-refractivity contribution in [2.75, 3.05) is 13.1 Å². The maximum atomic E-state index is 13.6. The number of nitrogens with zero attached hydrogens (tertiary/aromatic N) is 1. The molecule has 0 radical (unpaired) electrons. The first-order valence-electron chi connectivity index (χ1n) is 9.38. The van der Waals surface area contributed by atoms with Gasteiger partial charge in [-0.05, 0) is 55.2 Å². The van der Waals surface area contributed by atoms with Crippen molar-refractivity contribution in [3.05, 3.63) is 57.5 Å². The standard InChI is InChI=1S/C21H25FN2O2S/c1-15-10-12-27-20(15)21(26)24-11-4-5-16(14-24)8-9-19(25)23-13-17-6-2-3-7-18(17)22/h2-3,6-7,10,12,16H,4-5,8-9,11,13-14H2,1H3,(H,23,25)/t16-/m0/s1. The fourth-order valence-corrected chi connectivity index (χ4v) is 4.37. The Bertz CT molecular complexity index is 805. The van der Waals surface area contributed by atoms with Crippen LogP contribution in [0.15, 0.2) is 35.7 Å². The van der Waals surface area contributed by atoms with Gasteiger partial charge in [-0.15, -0.1) is 11.3 Å². The van der Waals surface area contributed by atoms with Gasteiger partial charge in [0.1, 0.15) is 5.82 Å². The SMILES string of the molecule is Cc1ccsc1C(=O)N1CCC[C@@H](CCC(=O)NCc2ccccc2F)C1. The molecule has 3 rings (SSSR count). The molecule has 1 aromatic carbocycles. The molecule has 144 valence electrons. The topological polar surface area (TPSA) is 49.4 Å². The van der Waals surface area contributed by atoms with Gasteiger partial charge < -0.3 is 10.2 Å². The number of piperidine rings is 1. The largest absolute Gasteiger partial charge is 0.352 e. The van der Waals surface area contributed by atoms with Crippen LogP contribution >= 0.6 is 11.3 Å². The van der Waals surface area contributed by atoms with E-state index in [1.807, 2.05) is 23.3 Å². The lowest BCUT2D eigenvalue weighted by Gasteiger charge is -2.32. The summed E-state index contributed by atoms with van der Waals surface area (Å²) in [5.74, 6) is 0.0669. The first-order valence-corrected chi connectivity index (χ1v) is 10.3. The van der Waals surface area contributed by atoms with E-state index in [9.17, 15) is 14.0 Å². The van der Waals surface area contributed by atoms with E-state index in [2.05, 4.69) is 5.32 Å². The van der Waals surface area contributed by atoms with Crippen molar-refractivity contribution in [2.24, 2.45) is 5.92 Å². The minimum Gasteiger partial charge on any atom is -0.352 e. The lowest BCUT2D eigenvalue weighted by atomic mass is 9.93. The van der Waals surface area contributed by atoms with Gasteiger partial charge in [0.25, 0.3) is 5.91 Å². The molecule has 6 heteroatoms. The average molecular weight is 389 g/mol. The van der Waals surface area contributed by atoms with Crippen molar-refractivity contribution in [3.8, 4) is 0 Å². The normalized spacial score (nSPS) is 17.0. The lowest BCUT2D eigenvalue weighted by molar-refractivity contribution is -0.121. The first-order chi connectivity index (χ1) is 13.0. The average Bonchev–Trinajstić information content (AvgIpc) is 3.11. The molecule has 1 atom stereocenters. The Labute approximate surface area is 163 Å². The van der Waals surface area contributed by atoms with Crippen molar-refractivity contribution < 1.29 is 14.0 Å². The van der Waals surface area contributed by atoms with Crippen molar-refractivity contribution >= 4 is 23.2 Å². The molecule has 0 unspecified atom stereocenters. The van der Waals surface area contributed by atoms with E-state index in [0.717, 1.165) is 36.2 Å². The number of benzene rings is 1. The molecular weight excluding hydrogens is 363 g/mol. The minimum atomic E-state index is -0.303. The van der Waals surface area contributed by atoms with Crippen LogP contribution in [0.2, 0.25) is 0 Å². The third kappa shape index (κ3) is 5.16. The second-order valence-corrected chi connectivity index (χ2v) is 8.02. The number of carbonyl (C=O) groups excluding carboxylic acids is 2.